The van der Waals surface area contributed by atoms with Gasteiger partial charge in [-0.05, 0) is 18.6 Å². The highest BCUT2D eigenvalue weighted by molar-refractivity contribution is 5.98. The summed E-state index contributed by atoms with van der Waals surface area (Å²) in [5, 5.41) is 13.6. The highest BCUT2D eigenvalue weighted by atomic mass is 16.2. The molecule has 3 aromatic rings. The van der Waals surface area contributed by atoms with Gasteiger partial charge in [0.15, 0.2) is 5.82 Å². The Labute approximate surface area is 150 Å². The quantitative estimate of drug-likeness (QED) is 0.700. The molecular formula is C18H20N6O2. The van der Waals surface area contributed by atoms with Crippen molar-refractivity contribution in [1.82, 2.24) is 24.9 Å². The number of amides is 2. The van der Waals surface area contributed by atoms with Gasteiger partial charge in [0, 0.05) is 25.0 Å². The third kappa shape index (κ3) is 4.35. The molecule has 0 bridgehead atoms. The number of aromatic nitrogens is 4. The maximum absolute atomic E-state index is 12.0. The van der Waals surface area contributed by atoms with Gasteiger partial charge in [-0.3, -0.25) is 19.0 Å². The van der Waals surface area contributed by atoms with E-state index in [4.69, 9.17) is 0 Å². The van der Waals surface area contributed by atoms with E-state index in [-0.39, 0.29) is 18.1 Å². The molecule has 0 fully saturated rings. The van der Waals surface area contributed by atoms with Crippen molar-refractivity contribution in [1.29, 1.82) is 0 Å². The van der Waals surface area contributed by atoms with Gasteiger partial charge >= 0.3 is 0 Å². The smallest absolute Gasteiger partial charge is 0.272 e. The number of hydrogen-bond donors (Lipinski definition) is 2. The fraction of sp³-hybridized carbons (Fsp3) is 0.222. The standard InChI is InChI=1S/C18H20N6O2/c1-13-10-15(21-23(13)2)18(26)19-11-17(25)20-16-8-9-24(22-16)12-14-6-4-3-5-7-14/h3-10H,11-12H2,1-2H3,(H,19,26)(H,20,22,25). The highest BCUT2D eigenvalue weighted by Crippen LogP contribution is 2.06. The number of benzene rings is 1. The van der Waals surface area contributed by atoms with Gasteiger partial charge in [0.2, 0.25) is 5.91 Å². The van der Waals surface area contributed by atoms with Crippen molar-refractivity contribution in [3.8, 4) is 0 Å². The molecule has 8 nitrogen and oxygen atoms in total. The van der Waals surface area contributed by atoms with Crippen LogP contribution in [-0.2, 0) is 18.4 Å². The second-order valence-electron chi connectivity index (χ2n) is 5.91. The number of anilines is 1. The van der Waals surface area contributed by atoms with Crippen molar-refractivity contribution in [2.24, 2.45) is 7.05 Å². The number of hydrogen-bond acceptors (Lipinski definition) is 4. The highest BCUT2D eigenvalue weighted by Gasteiger charge is 2.13. The first kappa shape index (κ1) is 17.4. The molecule has 0 radical (unpaired) electrons. The van der Waals surface area contributed by atoms with E-state index in [1.165, 1.54) is 0 Å². The van der Waals surface area contributed by atoms with Crippen LogP contribution in [0.15, 0.2) is 48.7 Å². The van der Waals surface area contributed by atoms with Gasteiger partial charge in [0.05, 0.1) is 13.1 Å². The first-order valence-electron chi connectivity index (χ1n) is 8.17. The molecule has 2 amide bonds. The average Bonchev–Trinajstić information content (AvgIpc) is 3.20. The molecule has 0 unspecified atom stereocenters. The molecule has 2 heterocycles. The van der Waals surface area contributed by atoms with Crippen LogP contribution in [0.5, 0.6) is 0 Å². The van der Waals surface area contributed by atoms with Crippen molar-refractivity contribution in [3.63, 3.8) is 0 Å². The van der Waals surface area contributed by atoms with Crippen LogP contribution in [0.1, 0.15) is 21.7 Å². The fourth-order valence-corrected chi connectivity index (χ4v) is 2.40. The van der Waals surface area contributed by atoms with E-state index in [1.807, 2.05) is 37.3 Å². The third-order valence-corrected chi connectivity index (χ3v) is 3.85. The minimum Gasteiger partial charge on any atom is -0.342 e. The van der Waals surface area contributed by atoms with E-state index in [0.29, 0.717) is 12.4 Å². The van der Waals surface area contributed by atoms with Crippen LogP contribution in [0.4, 0.5) is 5.82 Å². The van der Waals surface area contributed by atoms with Crippen LogP contribution in [0.25, 0.3) is 0 Å². The minimum absolute atomic E-state index is 0.153. The summed E-state index contributed by atoms with van der Waals surface area (Å²) in [6.45, 7) is 2.31. The Bertz CT molecular complexity index is 893. The molecule has 0 aliphatic rings. The Balaban J connectivity index is 1.50. The van der Waals surface area contributed by atoms with Gasteiger partial charge in [-0.15, -0.1) is 0 Å². The molecule has 0 saturated carbocycles. The normalized spacial score (nSPS) is 10.5. The van der Waals surface area contributed by atoms with Gasteiger partial charge in [-0.2, -0.15) is 10.2 Å². The van der Waals surface area contributed by atoms with E-state index in [2.05, 4.69) is 20.8 Å². The summed E-state index contributed by atoms with van der Waals surface area (Å²) in [5.74, 6) is -0.303. The largest absolute Gasteiger partial charge is 0.342 e. The van der Waals surface area contributed by atoms with Gasteiger partial charge in [-0.1, -0.05) is 30.3 Å². The maximum atomic E-state index is 12.0. The van der Waals surface area contributed by atoms with Gasteiger partial charge < -0.3 is 10.6 Å². The number of nitrogens with zero attached hydrogens (tertiary/aromatic N) is 4. The topological polar surface area (TPSA) is 93.8 Å². The number of carbonyl (C=O) groups excluding carboxylic acids is 2. The zero-order valence-electron chi connectivity index (χ0n) is 14.6. The van der Waals surface area contributed by atoms with Crippen molar-refractivity contribution in [3.05, 3.63) is 65.6 Å². The Hall–Kier alpha value is -3.42. The predicted octanol–water partition coefficient (Wildman–Crippen LogP) is 1.34. The molecule has 8 heteroatoms. The Morgan fingerprint density at radius 1 is 1.12 bits per heavy atom. The summed E-state index contributed by atoms with van der Waals surface area (Å²) >= 11 is 0. The summed E-state index contributed by atoms with van der Waals surface area (Å²) in [4.78, 5) is 24.0. The van der Waals surface area contributed by atoms with E-state index in [9.17, 15) is 9.59 Å². The fourth-order valence-electron chi connectivity index (χ4n) is 2.40. The van der Waals surface area contributed by atoms with E-state index >= 15 is 0 Å². The van der Waals surface area contributed by atoms with Crippen LogP contribution < -0.4 is 10.6 Å². The molecule has 1 aromatic carbocycles. The number of carbonyl (C=O) groups is 2. The third-order valence-electron chi connectivity index (χ3n) is 3.85. The van der Waals surface area contributed by atoms with Gasteiger partial charge in [0.25, 0.3) is 5.91 Å². The lowest BCUT2D eigenvalue weighted by molar-refractivity contribution is -0.115. The van der Waals surface area contributed by atoms with E-state index in [0.717, 1.165) is 11.3 Å². The lowest BCUT2D eigenvalue weighted by atomic mass is 10.2. The summed E-state index contributed by atoms with van der Waals surface area (Å²) in [6, 6.07) is 13.3. The maximum Gasteiger partial charge on any atom is 0.272 e. The molecule has 2 N–H and O–H groups in total. The van der Waals surface area contributed by atoms with Crippen LogP contribution in [0.3, 0.4) is 0 Å². The molecule has 0 saturated heterocycles. The molecule has 0 atom stereocenters. The van der Waals surface area contributed by atoms with Crippen LogP contribution in [0.2, 0.25) is 0 Å². The zero-order valence-corrected chi connectivity index (χ0v) is 14.6. The lowest BCUT2D eigenvalue weighted by Gasteiger charge is -2.04. The Morgan fingerprint density at radius 2 is 1.88 bits per heavy atom. The molecule has 3 rings (SSSR count). The molecule has 0 aliphatic heterocycles. The molecule has 134 valence electrons. The molecular weight excluding hydrogens is 332 g/mol. The van der Waals surface area contributed by atoms with E-state index < -0.39 is 5.91 Å². The van der Waals surface area contributed by atoms with Gasteiger partial charge in [0.1, 0.15) is 5.69 Å². The average molecular weight is 352 g/mol. The molecule has 0 aliphatic carbocycles. The van der Waals surface area contributed by atoms with Crippen molar-refractivity contribution >= 4 is 17.6 Å². The predicted molar refractivity (Wildman–Crippen MR) is 96.7 cm³/mol. The number of nitrogens with one attached hydrogen (secondary N) is 2. The van der Waals surface area contributed by atoms with Gasteiger partial charge in [-0.25, -0.2) is 0 Å². The first-order chi connectivity index (χ1) is 12.5. The van der Waals surface area contributed by atoms with Crippen molar-refractivity contribution in [2.75, 3.05) is 11.9 Å². The van der Waals surface area contributed by atoms with Crippen LogP contribution in [0, 0.1) is 6.92 Å². The van der Waals surface area contributed by atoms with E-state index in [1.54, 1.807) is 34.7 Å². The molecule has 0 spiro atoms. The number of rotatable bonds is 6. The molecule has 2 aromatic heterocycles. The lowest BCUT2D eigenvalue weighted by Crippen LogP contribution is -2.33. The SMILES string of the molecule is Cc1cc(C(=O)NCC(=O)Nc2ccn(Cc3ccccc3)n2)nn1C. The van der Waals surface area contributed by atoms with Crippen LogP contribution in [-0.4, -0.2) is 37.9 Å². The molecule has 26 heavy (non-hydrogen) atoms. The monoisotopic (exact) mass is 352 g/mol. The first-order valence-corrected chi connectivity index (χ1v) is 8.17. The second kappa shape index (κ2) is 7.64. The van der Waals surface area contributed by atoms with Crippen molar-refractivity contribution < 1.29 is 9.59 Å². The summed E-state index contributed by atoms with van der Waals surface area (Å²) in [5.41, 5.74) is 2.26. The minimum atomic E-state index is -0.390. The zero-order chi connectivity index (χ0) is 18.5. The summed E-state index contributed by atoms with van der Waals surface area (Å²) < 4.78 is 3.34. The summed E-state index contributed by atoms with van der Waals surface area (Å²) in [6.07, 6.45) is 1.79. The summed E-state index contributed by atoms with van der Waals surface area (Å²) in [7, 11) is 1.75. The van der Waals surface area contributed by atoms with Crippen molar-refractivity contribution in [2.45, 2.75) is 13.5 Å². The number of aryl methyl sites for hydroxylation is 2. The van der Waals surface area contributed by atoms with Crippen LogP contribution >= 0.6 is 0 Å². The Kier molecular flexibility index (Phi) is 5.12. The second-order valence-corrected chi connectivity index (χ2v) is 5.91. The Morgan fingerprint density at radius 3 is 2.58 bits per heavy atom.